The van der Waals surface area contributed by atoms with Crippen LogP contribution in [0.25, 0.3) is 0 Å². The van der Waals surface area contributed by atoms with Gasteiger partial charge in [-0.1, -0.05) is 0 Å². The van der Waals surface area contributed by atoms with E-state index in [4.69, 9.17) is 0 Å². The lowest BCUT2D eigenvalue weighted by atomic mass is 10.3. The van der Waals surface area contributed by atoms with Gasteiger partial charge in [-0.3, -0.25) is 9.78 Å². The van der Waals surface area contributed by atoms with Crippen molar-refractivity contribution in [2.75, 3.05) is 6.54 Å². The van der Waals surface area contributed by atoms with Crippen LogP contribution < -0.4 is 10.0 Å². The van der Waals surface area contributed by atoms with Crippen molar-refractivity contribution in [1.82, 2.24) is 15.0 Å². The van der Waals surface area contributed by atoms with Crippen LogP contribution in [0.5, 0.6) is 0 Å². The molecule has 19 heavy (non-hydrogen) atoms. The van der Waals surface area contributed by atoms with Gasteiger partial charge in [0.15, 0.2) is 0 Å². The number of hydrogen-bond acceptors (Lipinski definition) is 4. The maximum Gasteiger partial charge on any atom is 0.242 e. The van der Waals surface area contributed by atoms with E-state index in [2.05, 4.69) is 31.0 Å². The highest BCUT2D eigenvalue weighted by molar-refractivity contribution is 9.10. The van der Waals surface area contributed by atoms with Crippen LogP contribution in [-0.2, 0) is 14.8 Å². The summed E-state index contributed by atoms with van der Waals surface area (Å²) in [6.45, 7) is 3.73. The fourth-order valence-electron chi connectivity index (χ4n) is 1.32. The summed E-state index contributed by atoms with van der Waals surface area (Å²) in [4.78, 5) is 15.2. The molecule has 0 fully saturated rings. The first-order chi connectivity index (χ1) is 8.81. The number of rotatable bonds is 6. The Balaban J connectivity index is 2.55. The molecule has 0 atom stereocenters. The largest absolute Gasteiger partial charge is 0.354 e. The summed E-state index contributed by atoms with van der Waals surface area (Å²) in [5.41, 5.74) is 0. The normalized spacial score (nSPS) is 11.6. The van der Waals surface area contributed by atoms with Crippen LogP contribution >= 0.6 is 15.9 Å². The van der Waals surface area contributed by atoms with E-state index < -0.39 is 10.0 Å². The predicted molar refractivity (Wildman–Crippen MR) is 75.0 cm³/mol. The third kappa shape index (κ3) is 5.66. The van der Waals surface area contributed by atoms with Crippen LogP contribution in [0.1, 0.15) is 20.3 Å². The van der Waals surface area contributed by atoms with E-state index in [0.29, 0.717) is 4.47 Å². The molecular weight excluding hydrogens is 334 g/mol. The molecule has 0 radical (unpaired) electrons. The Labute approximate surface area is 121 Å². The molecule has 0 saturated heterocycles. The van der Waals surface area contributed by atoms with Crippen LogP contribution in [-0.4, -0.2) is 31.9 Å². The van der Waals surface area contributed by atoms with Gasteiger partial charge >= 0.3 is 0 Å². The summed E-state index contributed by atoms with van der Waals surface area (Å²) < 4.78 is 26.7. The SMILES string of the molecule is CC(C)NC(=O)CCNS(=O)(=O)c1cncc(Br)c1. The van der Waals surface area contributed by atoms with E-state index in [9.17, 15) is 13.2 Å². The number of amides is 1. The van der Waals surface area contributed by atoms with Gasteiger partial charge in [0.05, 0.1) is 0 Å². The van der Waals surface area contributed by atoms with Crippen LogP contribution in [0, 0.1) is 0 Å². The Morgan fingerprint density at radius 2 is 2.11 bits per heavy atom. The molecule has 1 aromatic heterocycles. The van der Waals surface area contributed by atoms with Crippen LogP contribution in [0.4, 0.5) is 0 Å². The number of carbonyl (C=O) groups is 1. The number of aromatic nitrogens is 1. The zero-order valence-corrected chi connectivity index (χ0v) is 13.1. The van der Waals surface area contributed by atoms with E-state index in [-0.39, 0.29) is 29.8 Å². The summed E-state index contributed by atoms with van der Waals surface area (Å²) in [5, 5.41) is 2.68. The van der Waals surface area contributed by atoms with Gasteiger partial charge in [0, 0.05) is 35.9 Å². The van der Waals surface area contributed by atoms with Gasteiger partial charge in [-0.05, 0) is 35.8 Å². The molecule has 106 valence electrons. The van der Waals surface area contributed by atoms with Crippen LogP contribution in [0.2, 0.25) is 0 Å². The maximum absolute atomic E-state index is 11.9. The summed E-state index contributed by atoms with van der Waals surface area (Å²) in [6, 6.07) is 1.49. The molecule has 0 spiro atoms. The number of sulfonamides is 1. The lowest BCUT2D eigenvalue weighted by molar-refractivity contribution is -0.121. The van der Waals surface area contributed by atoms with Gasteiger partial charge in [-0.2, -0.15) is 0 Å². The molecule has 0 aliphatic carbocycles. The zero-order chi connectivity index (χ0) is 14.5. The summed E-state index contributed by atoms with van der Waals surface area (Å²) in [5.74, 6) is -0.190. The molecule has 8 heteroatoms. The number of pyridine rings is 1. The van der Waals surface area contributed by atoms with Gasteiger partial charge < -0.3 is 5.32 Å². The van der Waals surface area contributed by atoms with Gasteiger partial charge in [0.2, 0.25) is 15.9 Å². The molecule has 0 bridgehead atoms. The van der Waals surface area contributed by atoms with Crippen molar-refractivity contribution in [2.45, 2.75) is 31.2 Å². The quantitative estimate of drug-likeness (QED) is 0.802. The standard InChI is InChI=1S/C11H16BrN3O3S/c1-8(2)15-11(16)3-4-14-19(17,18)10-5-9(12)6-13-7-10/h5-8,14H,3-4H2,1-2H3,(H,15,16). The van der Waals surface area contributed by atoms with E-state index in [1.807, 2.05) is 13.8 Å². The first-order valence-electron chi connectivity index (χ1n) is 5.71. The molecule has 0 unspecified atom stereocenters. The molecule has 1 rings (SSSR count). The van der Waals surface area contributed by atoms with Crippen molar-refractivity contribution in [3.8, 4) is 0 Å². The third-order valence-corrected chi connectivity index (χ3v) is 3.95. The maximum atomic E-state index is 11.9. The first-order valence-corrected chi connectivity index (χ1v) is 7.98. The van der Waals surface area contributed by atoms with E-state index in [0.717, 1.165) is 0 Å². The average molecular weight is 350 g/mol. The van der Waals surface area contributed by atoms with Crippen LogP contribution in [0.3, 0.4) is 0 Å². The van der Waals surface area contributed by atoms with Crippen molar-refractivity contribution in [3.05, 3.63) is 22.9 Å². The fourth-order valence-corrected chi connectivity index (χ4v) is 2.85. The Morgan fingerprint density at radius 3 is 2.68 bits per heavy atom. The Bertz CT molecular complexity index is 546. The number of carbonyl (C=O) groups excluding carboxylic acids is 1. The lowest BCUT2D eigenvalue weighted by Gasteiger charge is -2.09. The van der Waals surface area contributed by atoms with Crippen molar-refractivity contribution in [2.24, 2.45) is 0 Å². The number of nitrogens with zero attached hydrogens (tertiary/aromatic N) is 1. The smallest absolute Gasteiger partial charge is 0.242 e. The Kier molecular flexibility index (Phi) is 5.89. The second-order valence-electron chi connectivity index (χ2n) is 4.21. The Hall–Kier alpha value is -0.990. The van der Waals surface area contributed by atoms with Crippen molar-refractivity contribution in [1.29, 1.82) is 0 Å². The van der Waals surface area contributed by atoms with Crippen molar-refractivity contribution < 1.29 is 13.2 Å². The van der Waals surface area contributed by atoms with E-state index in [1.54, 1.807) is 0 Å². The van der Waals surface area contributed by atoms with Crippen LogP contribution in [0.15, 0.2) is 27.8 Å². The van der Waals surface area contributed by atoms with Crippen molar-refractivity contribution >= 4 is 31.9 Å². The van der Waals surface area contributed by atoms with E-state index >= 15 is 0 Å². The molecule has 6 nitrogen and oxygen atoms in total. The molecule has 1 heterocycles. The number of hydrogen-bond donors (Lipinski definition) is 2. The van der Waals surface area contributed by atoms with Gasteiger partial charge in [-0.25, -0.2) is 13.1 Å². The molecule has 1 aromatic rings. The number of nitrogens with one attached hydrogen (secondary N) is 2. The molecular formula is C11H16BrN3O3S. The summed E-state index contributed by atoms with van der Waals surface area (Å²) in [6.07, 6.45) is 2.84. The van der Waals surface area contributed by atoms with Gasteiger partial charge in [0.25, 0.3) is 0 Å². The Morgan fingerprint density at radius 1 is 1.42 bits per heavy atom. The van der Waals surface area contributed by atoms with Gasteiger partial charge in [-0.15, -0.1) is 0 Å². The average Bonchev–Trinajstić information content (AvgIpc) is 2.27. The fraction of sp³-hybridized carbons (Fsp3) is 0.455. The lowest BCUT2D eigenvalue weighted by Crippen LogP contribution is -2.34. The minimum atomic E-state index is -3.63. The van der Waals surface area contributed by atoms with E-state index in [1.165, 1.54) is 18.5 Å². The molecule has 0 saturated carbocycles. The zero-order valence-electron chi connectivity index (χ0n) is 10.7. The minimum absolute atomic E-state index is 0.0402. The first kappa shape index (κ1) is 16.1. The molecule has 0 aromatic carbocycles. The molecule has 0 aliphatic rings. The minimum Gasteiger partial charge on any atom is -0.354 e. The highest BCUT2D eigenvalue weighted by atomic mass is 79.9. The molecule has 2 N–H and O–H groups in total. The predicted octanol–water partition coefficient (Wildman–Crippen LogP) is 1.04. The monoisotopic (exact) mass is 349 g/mol. The van der Waals surface area contributed by atoms with Gasteiger partial charge in [0.1, 0.15) is 4.90 Å². The second-order valence-corrected chi connectivity index (χ2v) is 6.89. The second kappa shape index (κ2) is 6.97. The highest BCUT2D eigenvalue weighted by Gasteiger charge is 2.15. The number of halogens is 1. The highest BCUT2D eigenvalue weighted by Crippen LogP contribution is 2.13. The molecule has 1 amide bonds. The topological polar surface area (TPSA) is 88.2 Å². The summed E-state index contributed by atoms with van der Waals surface area (Å²) >= 11 is 3.15. The molecule has 0 aliphatic heterocycles. The summed E-state index contributed by atoms with van der Waals surface area (Å²) in [7, 11) is -3.63. The third-order valence-electron chi connectivity index (χ3n) is 2.08. The van der Waals surface area contributed by atoms with Crippen molar-refractivity contribution in [3.63, 3.8) is 0 Å².